The van der Waals surface area contributed by atoms with E-state index in [1.165, 1.54) is 45.0 Å². The molecule has 39 heavy (non-hydrogen) atoms. The Morgan fingerprint density at radius 1 is 1.15 bits per heavy atom. The lowest BCUT2D eigenvalue weighted by molar-refractivity contribution is -0.180. The second kappa shape index (κ2) is 11.0. The molecule has 0 spiro atoms. The van der Waals surface area contributed by atoms with Crippen LogP contribution in [0.15, 0.2) is 24.3 Å². The van der Waals surface area contributed by atoms with Gasteiger partial charge in [0.1, 0.15) is 29.0 Å². The van der Waals surface area contributed by atoms with Crippen molar-refractivity contribution in [3.05, 3.63) is 29.8 Å². The molecule has 0 unspecified atom stereocenters. The van der Waals surface area contributed by atoms with Gasteiger partial charge in [0.15, 0.2) is 5.78 Å². The zero-order valence-electron chi connectivity index (χ0n) is 23.4. The zero-order valence-corrected chi connectivity index (χ0v) is 23.4. The molecule has 1 aromatic rings. The molecular weight excluding hydrogens is 508 g/mol. The molecule has 218 valence electrons. The molecule has 0 aromatic heterocycles. The Hall–Kier alpha value is -2.77. The number of phenolic OH excluding ortho intramolecular Hbond substituents is 1. The Bertz CT molecular complexity index is 1090. The molecule has 2 aliphatic rings. The molecule has 0 aliphatic heterocycles. The summed E-state index contributed by atoms with van der Waals surface area (Å²) in [6.45, 7) is 10.3. The number of hydrazine groups is 2. The Morgan fingerprint density at radius 2 is 1.82 bits per heavy atom. The van der Waals surface area contributed by atoms with E-state index >= 15 is 0 Å². The van der Waals surface area contributed by atoms with Gasteiger partial charge in [0.25, 0.3) is 0 Å². The van der Waals surface area contributed by atoms with Crippen molar-refractivity contribution in [1.82, 2.24) is 10.9 Å². The molecule has 2 saturated carbocycles. The van der Waals surface area contributed by atoms with Crippen LogP contribution in [-0.2, 0) is 23.8 Å². The molecule has 7 atom stereocenters. The molecule has 0 radical (unpaired) electrons. The number of fused-ring (bicyclic) bond motifs is 2. The van der Waals surface area contributed by atoms with E-state index in [-0.39, 0.29) is 28.2 Å². The minimum absolute atomic E-state index is 0.110. The second-order valence-electron chi connectivity index (χ2n) is 12.2. The number of hydrogen-bond donors (Lipinski definition) is 6. The van der Waals surface area contributed by atoms with Crippen molar-refractivity contribution in [2.24, 2.45) is 28.4 Å². The fourth-order valence-corrected chi connectivity index (χ4v) is 6.14. The van der Waals surface area contributed by atoms with Gasteiger partial charge in [-0.3, -0.25) is 16.5 Å². The van der Waals surface area contributed by atoms with Gasteiger partial charge in [-0.25, -0.2) is 20.4 Å². The van der Waals surface area contributed by atoms with E-state index in [1.807, 2.05) is 0 Å². The van der Waals surface area contributed by atoms with Gasteiger partial charge in [0.2, 0.25) is 6.29 Å². The summed E-state index contributed by atoms with van der Waals surface area (Å²) in [5.74, 6) is 9.97. The summed E-state index contributed by atoms with van der Waals surface area (Å²) in [7, 11) is 0. The number of carbonyl (C=O) groups excluding carboxylic acids is 3. The standard InChI is InChI=1S/C27H42N4O8/c1-15(38-23(36)39-21-24(2,3)17-10-11-25(21,4)13-17)37-22(35)26(5,30-28)14-19(33)27(6,31-29)20(34)16-8-7-9-18(32)12-16/h7-9,12,15,17,20-21,30-32,34H,10-11,13-14,28-29H2,1-6H3/t15-,17-,20-,21+,25-,26-,27+/m0/s1. The first-order valence-electron chi connectivity index (χ1n) is 13.1. The van der Waals surface area contributed by atoms with Crippen molar-refractivity contribution in [2.45, 2.75) is 96.8 Å². The van der Waals surface area contributed by atoms with Crippen LogP contribution in [0.1, 0.15) is 78.9 Å². The average Bonchev–Trinajstić information content (AvgIpc) is 3.36. The molecule has 3 rings (SSSR count). The predicted molar refractivity (Wildman–Crippen MR) is 140 cm³/mol. The Morgan fingerprint density at radius 3 is 2.36 bits per heavy atom. The third-order valence-electron chi connectivity index (χ3n) is 8.78. The smallest absolute Gasteiger partial charge is 0.508 e. The molecule has 12 nitrogen and oxygen atoms in total. The first-order valence-corrected chi connectivity index (χ1v) is 13.1. The summed E-state index contributed by atoms with van der Waals surface area (Å²) in [4.78, 5) is 38.9. The normalized spacial score (nSPS) is 28.0. The Kier molecular flexibility index (Phi) is 8.69. The molecule has 0 amide bonds. The third-order valence-corrected chi connectivity index (χ3v) is 8.78. The highest BCUT2D eigenvalue weighted by Gasteiger charge is 2.61. The van der Waals surface area contributed by atoms with Gasteiger partial charge in [-0.05, 0) is 56.7 Å². The maximum absolute atomic E-state index is 13.3. The number of ketones is 1. The fourth-order valence-electron chi connectivity index (χ4n) is 6.14. The van der Waals surface area contributed by atoms with Crippen LogP contribution in [0.2, 0.25) is 0 Å². The SMILES string of the molecule is C[C@H](OC(=O)O[C@@H]1C(C)(C)[C@H]2CC[C@@]1(C)C2)OC(=O)[C@](C)(CC(=O)[C@@](C)(NN)[C@@H](O)c1cccc(O)c1)NN. The van der Waals surface area contributed by atoms with Gasteiger partial charge in [-0.1, -0.05) is 32.9 Å². The highest BCUT2D eigenvalue weighted by Crippen LogP contribution is 2.63. The number of nitrogens with two attached hydrogens (primary N) is 2. The van der Waals surface area contributed by atoms with Gasteiger partial charge in [0.05, 0.1) is 0 Å². The summed E-state index contributed by atoms with van der Waals surface area (Å²) in [5.41, 5.74) is 0.980. The number of Topliss-reactive ketones (excluding diaryl/α,β-unsaturated/α-hetero) is 1. The molecule has 2 aliphatic carbocycles. The summed E-state index contributed by atoms with van der Waals surface area (Å²) < 4.78 is 16.2. The van der Waals surface area contributed by atoms with E-state index < -0.39 is 47.8 Å². The minimum Gasteiger partial charge on any atom is -0.508 e. The number of nitrogens with one attached hydrogen (secondary N) is 2. The number of phenols is 1. The number of aliphatic hydroxyl groups excluding tert-OH is 1. The van der Waals surface area contributed by atoms with Crippen LogP contribution in [0.5, 0.6) is 5.75 Å². The van der Waals surface area contributed by atoms with Crippen molar-refractivity contribution in [1.29, 1.82) is 0 Å². The van der Waals surface area contributed by atoms with Crippen LogP contribution < -0.4 is 22.5 Å². The average molecular weight is 551 g/mol. The number of benzene rings is 1. The molecule has 12 heteroatoms. The topological polar surface area (TPSA) is 195 Å². The van der Waals surface area contributed by atoms with E-state index in [9.17, 15) is 24.6 Å². The maximum Gasteiger partial charge on any atom is 0.511 e. The number of carbonyl (C=O) groups is 3. The summed E-state index contributed by atoms with van der Waals surface area (Å²) in [6.07, 6.45) is -1.59. The maximum atomic E-state index is 13.3. The Labute approximate surface area is 228 Å². The van der Waals surface area contributed by atoms with Crippen molar-refractivity contribution < 1.29 is 38.8 Å². The fraction of sp³-hybridized carbons (Fsp3) is 0.667. The molecular formula is C27H42N4O8. The van der Waals surface area contributed by atoms with Crippen LogP contribution in [0, 0.1) is 16.7 Å². The molecule has 1 aromatic carbocycles. The monoisotopic (exact) mass is 550 g/mol. The lowest BCUT2D eigenvalue weighted by Crippen LogP contribution is -2.62. The van der Waals surface area contributed by atoms with Gasteiger partial charge >= 0.3 is 12.1 Å². The van der Waals surface area contributed by atoms with Crippen molar-refractivity contribution in [3.63, 3.8) is 0 Å². The first-order chi connectivity index (χ1) is 18.0. The Balaban J connectivity index is 1.63. The van der Waals surface area contributed by atoms with Crippen LogP contribution in [-0.4, -0.2) is 51.6 Å². The lowest BCUT2D eigenvalue weighted by atomic mass is 9.70. The van der Waals surface area contributed by atoms with Crippen LogP contribution in [0.4, 0.5) is 4.79 Å². The van der Waals surface area contributed by atoms with Crippen molar-refractivity contribution in [3.8, 4) is 5.75 Å². The lowest BCUT2D eigenvalue weighted by Gasteiger charge is -2.41. The molecule has 0 heterocycles. The van der Waals surface area contributed by atoms with Gasteiger partial charge in [-0.15, -0.1) is 0 Å². The number of aromatic hydroxyl groups is 1. The van der Waals surface area contributed by atoms with Gasteiger partial charge < -0.3 is 24.4 Å². The summed E-state index contributed by atoms with van der Waals surface area (Å²) in [5, 5.41) is 20.6. The largest absolute Gasteiger partial charge is 0.511 e. The van der Waals surface area contributed by atoms with Gasteiger partial charge in [0, 0.05) is 24.2 Å². The van der Waals surface area contributed by atoms with Gasteiger partial charge in [-0.2, -0.15) is 0 Å². The van der Waals surface area contributed by atoms with E-state index in [2.05, 4.69) is 31.6 Å². The van der Waals surface area contributed by atoms with Crippen molar-refractivity contribution in [2.75, 3.05) is 0 Å². The summed E-state index contributed by atoms with van der Waals surface area (Å²) >= 11 is 0. The van der Waals surface area contributed by atoms with Crippen LogP contribution in [0.25, 0.3) is 0 Å². The van der Waals surface area contributed by atoms with Crippen LogP contribution in [0.3, 0.4) is 0 Å². The number of aliphatic hydroxyl groups is 1. The second-order valence-corrected chi connectivity index (χ2v) is 12.2. The number of ether oxygens (including phenoxy) is 3. The van der Waals surface area contributed by atoms with E-state index in [0.717, 1.165) is 19.3 Å². The quantitative estimate of drug-likeness (QED) is 0.102. The zero-order chi connectivity index (χ0) is 29.4. The number of rotatable bonds is 11. The summed E-state index contributed by atoms with van der Waals surface area (Å²) in [6, 6.07) is 5.72. The molecule has 2 bridgehead atoms. The minimum atomic E-state index is -1.77. The molecule has 2 fully saturated rings. The van der Waals surface area contributed by atoms with E-state index in [4.69, 9.17) is 25.9 Å². The van der Waals surface area contributed by atoms with Crippen molar-refractivity contribution >= 4 is 17.9 Å². The first kappa shape index (κ1) is 30.8. The molecule has 8 N–H and O–H groups in total. The molecule has 0 saturated heterocycles. The van der Waals surface area contributed by atoms with E-state index in [0.29, 0.717) is 5.92 Å². The van der Waals surface area contributed by atoms with E-state index in [1.54, 1.807) is 0 Å². The predicted octanol–water partition coefficient (Wildman–Crippen LogP) is 2.09. The highest BCUT2D eigenvalue weighted by molar-refractivity contribution is 5.95. The highest BCUT2D eigenvalue weighted by atomic mass is 16.8. The number of esters is 1. The number of hydrogen-bond acceptors (Lipinski definition) is 12. The van der Waals surface area contributed by atoms with Crippen LogP contribution >= 0.6 is 0 Å². The third kappa shape index (κ3) is 5.90.